The molecule has 0 saturated heterocycles. The first kappa shape index (κ1) is 15.0. The Hall–Kier alpha value is -2.40. The normalized spacial score (nSPS) is 10.8. The van der Waals surface area contributed by atoms with Crippen LogP contribution in [0, 0.1) is 0 Å². The van der Waals surface area contributed by atoms with Gasteiger partial charge in [0.05, 0.1) is 0 Å². The maximum absolute atomic E-state index is 11.1. The Morgan fingerprint density at radius 1 is 1.29 bits per heavy atom. The summed E-state index contributed by atoms with van der Waals surface area (Å²) in [5.74, 6) is -0.461. The number of nitrogen functional groups attached to an aromatic ring is 1. The summed E-state index contributed by atoms with van der Waals surface area (Å²) in [6, 6.07) is 11.1. The number of rotatable bonds is 6. The van der Waals surface area contributed by atoms with E-state index in [-0.39, 0.29) is 0 Å². The number of benzene rings is 1. The predicted molar refractivity (Wildman–Crippen MR) is 83.6 cm³/mol. The van der Waals surface area contributed by atoms with E-state index in [2.05, 4.69) is 9.88 Å². The number of amides is 1. The lowest BCUT2D eigenvalue weighted by atomic mass is 10.1. The molecule has 1 aromatic heterocycles. The van der Waals surface area contributed by atoms with Crippen molar-refractivity contribution in [2.75, 3.05) is 19.3 Å². The molecule has 2 rings (SSSR count). The number of nitrogens with zero attached hydrogens (tertiary/aromatic N) is 2. The number of likely N-dealkylation sites (N-methyl/N-ethyl adjacent to an activating group) is 1. The maximum atomic E-state index is 11.1. The van der Waals surface area contributed by atoms with Crippen LogP contribution in [0.5, 0.6) is 0 Å². The van der Waals surface area contributed by atoms with Gasteiger partial charge in [0.15, 0.2) is 0 Å². The number of anilines is 1. The van der Waals surface area contributed by atoms with Crippen LogP contribution < -0.4 is 11.5 Å². The molecule has 0 aliphatic heterocycles. The Bertz CT molecular complexity index is 613. The molecule has 2 aromatic rings. The molecule has 1 heterocycles. The predicted octanol–water partition coefficient (Wildman–Crippen LogP) is 1.44. The van der Waals surface area contributed by atoms with Gasteiger partial charge in [-0.25, -0.2) is 0 Å². The standard InChI is InChI=1S/C16H20N4O/c1-20(9-7-14-4-2-3-8-19-14)11-13-6-5-12(16(18)21)10-15(13)17/h2-6,8,10H,7,9,11,17H2,1H3,(H2,18,21). The highest BCUT2D eigenvalue weighted by atomic mass is 16.1. The second-order valence-corrected chi connectivity index (χ2v) is 5.09. The highest BCUT2D eigenvalue weighted by molar-refractivity contribution is 5.93. The van der Waals surface area contributed by atoms with E-state index in [1.165, 1.54) is 0 Å². The lowest BCUT2D eigenvalue weighted by Crippen LogP contribution is -2.22. The zero-order valence-corrected chi connectivity index (χ0v) is 12.1. The van der Waals surface area contributed by atoms with Gasteiger partial charge in [0.2, 0.25) is 5.91 Å². The van der Waals surface area contributed by atoms with Crippen molar-refractivity contribution in [2.24, 2.45) is 5.73 Å². The molecule has 5 heteroatoms. The summed E-state index contributed by atoms with van der Waals surface area (Å²) in [5.41, 5.74) is 14.3. The van der Waals surface area contributed by atoms with Crippen molar-refractivity contribution in [2.45, 2.75) is 13.0 Å². The van der Waals surface area contributed by atoms with Crippen LogP contribution in [0.25, 0.3) is 0 Å². The molecule has 4 N–H and O–H groups in total. The van der Waals surface area contributed by atoms with E-state index >= 15 is 0 Å². The average molecular weight is 284 g/mol. The van der Waals surface area contributed by atoms with Crippen molar-refractivity contribution >= 4 is 11.6 Å². The summed E-state index contributed by atoms with van der Waals surface area (Å²) < 4.78 is 0. The quantitative estimate of drug-likeness (QED) is 0.786. The summed E-state index contributed by atoms with van der Waals surface area (Å²) in [6.45, 7) is 1.60. The molecule has 0 unspecified atom stereocenters. The van der Waals surface area contributed by atoms with E-state index in [0.717, 1.165) is 30.8 Å². The van der Waals surface area contributed by atoms with Gasteiger partial charge in [0.25, 0.3) is 0 Å². The van der Waals surface area contributed by atoms with Crippen LogP contribution in [0.3, 0.4) is 0 Å². The minimum absolute atomic E-state index is 0.437. The van der Waals surface area contributed by atoms with Crippen molar-refractivity contribution in [3.8, 4) is 0 Å². The third kappa shape index (κ3) is 4.29. The Labute approximate surface area is 124 Å². The number of hydrogen-bond acceptors (Lipinski definition) is 4. The van der Waals surface area contributed by atoms with Crippen LogP contribution in [-0.4, -0.2) is 29.4 Å². The molecular formula is C16H20N4O. The van der Waals surface area contributed by atoms with Gasteiger partial charge in [0, 0.05) is 42.7 Å². The molecule has 1 aromatic carbocycles. The Kier molecular flexibility index (Phi) is 4.90. The fourth-order valence-electron chi connectivity index (χ4n) is 2.11. The Morgan fingerprint density at radius 2 is 2.10 bits per heavy atom. The molecule has 0 saturated carbocycles. The lowest BCUT2D eigenvalue weighted by Gasteiger charge is -2.18. The number of nitrogens with two attached hydrogens (primary N) is 2. The molecule has 0 spiro atoms. The smallest absolute Gasteiger partial charge is 0.248 e. The number of primary amides is 1. The van der Waals surface area contributed by atoms with Crippen molar-refractivity contribution < 1.29 is 4.79 Å². The SMILES string of the molecule is CN(CCc1ccccn1)Cc1ccc(C(N)=O)cc1N. The van der Waals surface area contributed by atoms with Gasteiger partial charge in [-0.3, -0.25) is 9.78 Å². The van der Waals surface area contributed by atoms with Crippen molar-refractivity contribution in [3.63, 3.8) is 0 Å². The largest absolute Gasteiger partial charge is 0.398 e. The Balaban J connectivity index is 1.93. The number of hydrogen-bond donors (Lipinski definition) is 2. The van der Waals surface area contributed by atoms with Crippen molar-refractivity contribution in [3.05, 3.63) is 59.4 Å². The highest BCUT2D eigenvalue weighted by Gasteiger charge is 2.07. The summed E-state index contributed by atoms with van der Waals surface area (Å²) >= 11 is 0. The van der Waals surface area contributed by atoms with E-state index < -0.39 is 5.91 Å². The van der Waals surface area contributed by atoms with Gasteiger partial charge < -0.3 is 16.4 Å². The number of carbonyl (C=O) groups excluding carboxylic acids is 1. The third-order valence-electron chi connectivity index (χ3n) is 3.35. The summed E-state index contributed by atoms with van der Waals surface area (Å²) in [7, 11) is 2.03. The zero-order valence-electron chi connectivity index (χ0n) is 12.1. The van der Waals surface area contributed by atoms with Crippen LogP contribution >= 0.6 is 0 Å². The molecular weight excluding hydrogens is 264 g/mol. The first-order chi connectivity index (χ1) is 10.1. The topological polar surface area (TPSA) is 85.2 Å². The number of carbonyl (C=O) groups is 1. The second kappa shape index (κ2) is 6.85. The maximum Gasteiger partial charge on any atom is 0.248 e. The van der Waals surface area contributed by atoms with Gasteiger partial charge in [-0.05, 0) is 36.9 Å². The Morgan fingerprint density at radius 3 is 2.71 bits per heavy atom. The third-order valence-corrected chi connectivity index (χ3v) is 3.35. The van der Waals surface area contributed by atoms with E-state index in [1.807, 2.05) is 31.3 Å². The van der Waals surface area contributed by atoms with Gasteiger partial charge in [0.1, 0.15) is 0 Å². The van der Waals surface area contributed by atoms with E-state index in [1.54, 1.807) is 18.3 Å². The van der Waals surface area contributed by atoms with Crippen LogP contribution in [0.1, 0.15) is 21.6 Å². The molecule has 0 radical (unpaired) electrons. The van der Waals surface area contributed by atoms with Crippen LogP contribution in [-0.2, 0) is 13.0 Å². The van der Waals surface area contributed by atoms with Gasteiger partial charge in [-0.2, -0.15) is 0 Å². The van der Waals surface area contributed by atoms with Crippen LogP contribution in [0.15, 0.2) is 42.6 Å². The van der Waals surface area contributed by atoms with Crippen LogP contribution in [0.4, 0.5) is 5.69 Å². The second-order valence-electron chi connectivity index (χ2n) is 5.09. The zero-order chi connectivity index (χ0) is 15.2. The molecule has 1 amide bonds. The minimum Gasteiger partial charge on any atom is -0.398 e. The molecule has 0 fully saturated rings. The molecule has 0 bridgehead atoms. The van der Waals surface area contributed by atoms with Crippen LogP contribution in [0.2, 0.25) is 0 Å². The first-order valence-electron chi connectivity index (χ1n) is 6.83. The fraction of sp³-hybridized carbons (Fsp3) is 0.250. The van der Waals surface area contributed by atoms with Crippen molar-refractivity contribution in [1.29, 1.82) is 0 Å². The van der Waals surface area contributed by atoms with E-state index in [9.17, 15) is 4.79 Å². The van der Waals surface area contributed by atoms with Gasteiger partial charge >= 0.3 is 0 Å². The van der Waals surface area contributed by atoms with E-state index in [4.69, 9.17) is 11.5 Å². The molecule has 5 nitrogen and oxygen atoms in total. The highest BCUT2D eigenvalue weighted by Crippen LogP contribution is 2.16. The molecule has 21 heavy (non-hydrogen) atoms. The molecule has 0 aliphatic rings. The first-order valence-corrected chi connectivity index (χ1v) is 6.83. The summed E-state index contributed by atoms with van der Waals surface area (Å²) in [4.78, 5) is 17.6. The van der Waals surface area contributed by atoms with Gasteiger partial charge in [-0.15, -0.1) is 0 Å². The lowest BCUT2D eigenvalue weighted by molar-refractivity contribution is 0.100. The summed E-state index contributed by atoms with van der Waals surface area (Å²) in [6.07, 6.45) is 2.69. The summed E-state index contributed by atoms with van der Waals surface area (Å²) in [5, 5.41) is 0. The average Bonchev–Trinajstić information content (AvgIpc) is 2.48. The fourth-order valence-corrected chi connectivity index (χ4v) is 2.11. The molecule has 110 valence electrons. The molecule has 0 atom stereocenters. The van der Waals surface area contributed by atoms with Gasteiger partial charge in [-0.1, -0.05) is 12.1 Å². The molecule has 0 aliphatic carbocycles. The number of aromatic nitrogens is 1. The van der Waals surface area contributed by atoms with E-state index in [0.29, 0.717) is 11.3 Å². The number of pyridine rings is 1. The minimum atomic E-state index is -0.461. The monoisotopic (exact) mass is 284 g/mol. The van der Waals surface area contributed by atoms with Crippen molar-refractivity contribution in [1.82, 2.24) is 9.88 Å².